The molecule has 3 heterocycles. The molecule has 1 amide bonds. The average Bonchev–Trinajstić information content (AvgIpc) is 3.62. The number of amides is 1. The second-order valence-corrected chi connectivity index (χ2v) is 15.5. The van der Waals surface area contributed by atoms with Gasteiger partial charge in [0.25, 0.3) is 5.91 Å². The fourth-order valence-electron chi connectivity index (χ4n) is 7.50. The number of nitrogens with zero attached hydrogens (tertiary/aromatic N) is 5. The van der Waals surface area contributed by atoms with Gasteiger partial charge >= 0.3 is 0 Å². The van der Waals surface area contributed by atoms with Gasteiger partial charge in [0.2, 0.25) is 5.95 Å². The van der Waals surface area contributed by atoms with Crippen LogP contribution in [0, 0.1) is 0 Å². The SMILES string of the molecule is CCOCCn1c(N2CCCN(CCC3(c4ccccc4)CCN(C(=O)c4cc(CS(C)(=O)=O)ccc4OC)C3)CC2)nc2ccccc21. The first kappa shape index (κ1) is 34.9. The molecule has 1 unspecified atom stereocenters. The molecule has 2 fully saturated rings. The normalized spacial score (nSPS) is 19.0. The van der Waals surface area contributed by atoms with Gasteiger partial charge in [0.05, 0.1) is 36.1 Å². The molecule has 0 bridgehead atoms. The van der Waals surface area contributed by atoms with E-state index >= 15 is 0 Å². The number of anilines is 1. The van der Waals surface area contributed by atoms with E-state index in [0.717, 1.165) is 75.5 Å². The second kappa shape index (κ2) is 15.3. The van der Waals surface area contributed by atoms with E-state index in [9.17, 15) is 13.2 Å². The summed E-state index contributed by atoms with van der Waals surface area (Å²) < 4.78 is 37.6. The Labute approximate surface area is 290 Å². The van der Waals surface area contributed by atoms with E-state index in [2.05, 4.69) is 56.8 Å². The van der Waals surface area contributed by atoms with Crippen molar-refractivity contribution >= 4 is 32.7 Å². The van der Waals surface area contributed by atoms with Crippen molar-refractivity contribution in [2.45, 2.75) is 43.9 Å². The van der Waals surface area contributed by atoms with Crippen LogP contribution in [0.2, 0.25) is 0 Å². The minimum atomic E-state index is -3.25. The number of ether oxygens (including phenoxy) is 2. The monoisotopic (exact) mass is 687 g/mol. The van der Waals surface area contributed by atoms with Crippen LogP contribution in [0.3, 0.4) is 0 Å². The highest BCUT2D eigenvalue weighted by Crippen LogP contribution is 2.39. The zero-order chi connectivity index (χ0) is 34.4. The van der Waals surface area contributed by atoms with Crippen LogP contribution in [-0.2, 0) is 32.3 Å². The highest BCUT2D eigenvalue weighted by molar-refractivity contribution is 7.89. The van der Waals surface area contributed by atoms with Crippen molar-refractivity contribution in [3.63, 3.8) is 0 Å². The number of fused-ring (bicyclic) bond motifs is 1. The Hall–Kier alpha value is -3.93. The maximum atomic E-state index is 14.0. The third-order valence-electron chi connectivity index (χ3n) is 10.0. The van der Waals surface area contributed by atoms with Gasteiger partial charge in [-0.2, -0.15) is 0 Å². The Balaban J connectivity index is 1.17. The first-order valence-electron chi connectivity index (χ1n) is 17.4. The number of benzene rings is 3. The third-order valence-corrected chi connectivity index (χ3v) is 10.9. The van der Waals surface area contributed by atoms with Crippen molar-refractivity contribution in [1.82, 2.24) is 19.4 Å². The zero-order valence-corrected chi connectivity index (χ0v) is 29.8. The van der Waals surface area contributed by atoms with Crippen LogP contribution in [-0.4, -0.2) is 106 Å². The molecule has 0 N–H and O–H groups in total. The predicted octanol–water partition coefficient (Wildman–Crippen LogP) is 5.01. The number of para-hydroxylation sites is 2. The highest BCUT2D eigenvalue weighted by Gasteiger charge is 2.42. The van der Waals surface area contributed by atoms with Crippen molar-refractivity contribution in [2.75, 3.05) is 77.3 Å². The maximum absolute atomic E-state index is 14.0. The van der Waals surface area contributed by atoms with Crippen LogP contribution in [0.25, 0.3) is 11.0 Å². The molecular formula is C38H49N5O5S. The number of aromatic nitrogens is 2. The van der Waals surface area contributed by atoms with E-state index in [1.807, 2.05) is 24.0 Å². The van der Waals surface area contributed by atoms with Gasteiger partial charge in [-0.25, -0.2) is 13.4 Å². The third kappa shape index (κ3) is 8.11. The standard InChI is InChI=1S/C38H49N5O5S/c1-4-48-26-25-43-34-14-9-8-13-33(34)39-37(43)41-20-10-19-40(23-24-41)21-17-38(31-11-6-5-7-12-31)18-22-42(29-38)36(44)32-27-30(28-49(3,45)46)15-16-35(32)47-2/h5-9,11-16,27H,4,10,17-26,28-29H2,1-3H3. The predicted molar refractivity (Wildman–Crippen MR) is 194 cm³/mol. The molecule has 2 aliphatic heterocycles. The number of sulfone groups is 1. The van der Waals surface area contributed by atoms with Crippen LogP contribution >= 0.6 is 0 Å². The fourth-order valence-corrected chi connectivity index (χ4v) is 8.28. The molecule has 0 aliphatic carbocycles. The lowest BCUT2D eigenvalue weighted by atomic mass is 9.76. The van der Waals surface area contributed by atoms with Crippen molar-refractivity contribution in [3.8, 4) is 5.75 Å². The molecule has 10 nitrogen and oxygen atoms in total. The molecule has 11 heteroatoms. The number of hydrogen-bond donors (Lipinski definition) is 0. The van der Waals surface area contributed by atoms with Gasteiger partial charge < -0.3 is 28.7 Å². The number of rotatable bonds is 13. The van der Waals surface area contributed by atoms with Gasteiger partial charge in [-0.15, -0.1) is 0 Å². The van der Waals surface area contributed by atoms with Crippen LogP contribution in [0.4, 0.5) is 5.95 Å². The zero-order valence-electron chi connectivity index (χ0n) is 29.0. The molecule has 0 saturated carbocycles. The lowest BCUT2D eigenvalue weighted by Crippen LogP contribution is -2.39. The summed E-state index contributed by atoms with van der Waals surface area (Å²) in [6, 6.07) is 24.0. The largest absolute Gasteiger partial charge is 0.496 e. The van der Waals surface area contributed by atoms with Crippen LogP contribution < -0.4 is 9.64 Å². The Kier molecular flexibility index (Phi) is 10.9. The summed E-state index contributed by atoms with van der Waals surface area (Å²) in [6.07, 6.45) is 4.04. The number of likely N-dealkylation sites (tertiary alicyclic amines) is 1. The molecule has 1 aromatic heterocycles. The molecule has 2 saturated heterocycles. The highest BCUT2D eigenvalue weighted by atomic mass is 32.2. The molecule has 2 aliphatic rings. The number of methoxy groups -OCH3 is 1. The molecular weight excluding hydrogens is 639 g/mol. The second-order valence-electron chi connectivity index (χ2n) is 13.4. The molecule has 49 heavy (non-hydrogen) atoms. The van der Waals surface area contributed by atoms with Crippen molar-refractivity contribution in [1.29, 1.82) is 0 Å². The van der Waals surface area contributed by atoms with Gasteiger partial charge in [0, 0.05) is 57.5 Å². The minimum absolute atomic E-state index is 0.121. The van der Waals surface area contributed by atoms with Crippen LogP contribution in [0.1, 0.15) is 47.7 Å². The van der Waals surface area contributed by atoms with Gasteiger partial charge in [-0.3, -0.25) is 4.79 Å². The summed E-state index contributed by atoms with van der Waals surface area (Å²) >= 11 is 0. The molecule has 1 atom stereocenters. The number of carbonyl (C=O) groups excluding carboxylic acids is 1. The maximum Gasteiger partial charge on any atom is 0.257 e. The van der Waals surface area contributed by atoms with Crippen molar-refractivity contribution in [2.24, 2.45) is 0 Å². The van der Waals surface area contributed by atoms with Crippen molar-refractivity contribution in [3.05, 3.63) is 89.5 Å². The number of imidazole rings is 1. The smallest absolute Gasteiger partial charge is 0.257 e. The lowest BCUT2D eigenvalue weighted by molar-refractivity contribution is 0.0777. The summed E-state index contributed by atoms with van der Waals surface area (Å²) in [5.41, 5.74) is 4.21. The van der Waals surface area contributed by atoms with Crippen molar-refractivity contribution < 1.29 is 22.7 Å². The van der Waals surface area contributed by atoms with E-state index in [1.165, 1.54) is 11.8 Å². The molecule has 0 radical (unpaired) electrons. The van der Waals surface area contributed by atoms with E-state index in [1.54, 1.807) is 25.3 Å². The van der Waals surface area contributed by atoms with E-state index < -0.39 is 9.84 Å². The van der Waals surface area contributed by atoms with Gasteiger partial charge in [-0.05, 0) is 74.7 Å². The van der Waals surface area contributed by atoms with Gasteiger partial charge in [-0.1, -0.05) is 48.5 Å². The van der Waals surface area contributed by atoms with Crippen LogP contribution in [0.15, 0.2) is 72.8 Å². The first-order chi connectivity index (χ1) is 23.7. The first-order valence-corrected chi connectivity index (χ1v) is 19.5. The number of carbonyl (C=O) groups is 1. The van der Waals surface area contributed by atoms with Crippen LogP contribution in [0.5, 0.6) is 5.75 Å². The summed E-state index contributed by atoms with van der Waals surface area (Å²) in [5.74, 6) is 1.23. The van der Waals surface area contributed by atoms with Gasteiger partial charge in [0.15, 0.2) is 9.84 Å². The summed E-state index contributed by atoms with van der Waals surface area (Å²) in [6.45, 7) is 10.1. The fraction of sp³-hybridized carbons (Fsp3) is 0.474. The summed E-state index contributed by atoms with van der Waals surface area (Å²) in [4.78, 5) is 26.0. The van der Waals surface area contributed by atoms with E-state index in [-0.39, 0.29) is 17.1 Å². The Morgan fingerprint density at radius 2 is 1.73 bits per heavy atom. The molecule has 4 aromatic rings. The summed E-state index contributed by atoms with van der Waals surface area (Å²) in [5, 5.41) is 0. The number of hydrogen-bond acceptors (Lipinski definition) is 8. The summed E-state index contributed by atoms with van der Waals surface area (Å²) in [7, 11) is -1.71. The lowest BCUT2D eigenvalue weighted by Gasteiger charge is -2.33. The molecule has 0 spiro atoms. The topological polar surface area (TPSA) is 97.2 Å². The molecule has 262 valence electrons. The quantitative estimate of drug-likeness (QED) is 0.181. The van der Waals surface area contributed by atoms with E-state index in [0.29, 0.717) is 43.2 Å². The van der Waals surface area contributed by atoms with Gasteiger partial charge in [0.1, 0.15) is 5.75 Å². The average molecular weight is 688 g/mol. The Bertz CT molecular complexity index is 1850. The molecule has 3 aromatic carbocycles. The Morgan fingerprint density at radius 3 is 2.51 bits per heavy atom. The van der Waals surface area contributed by atoms with E-state index in [4.69, 9.17) is 14.5 Å². The minimum Gasteiger partial charge on any atom is -0.496 e. The molecule has 6 rings (SSSR count). The Morgan fingerprint density at radius 1 is 0.939 bits per heavy atom.